The number of esters is 1. The summed E-state index contributed by atoms with van der Waals surface area (Å²) >= 11 is 2.27. The van der Waals surface area contributed by atoms with Crippen molar-refractivity contribution in [1.29, 1.82) is 0 Å². The zero-order valence-electron chi connectivity index (χ0n) is 9.37. The first kappa shape index (κ1) is 11.4. The van der Waals surface area contributed by atoms with Gasteiger partial charge in [-0.3, -0.25) is 0 Å². The lowest BCUT2D eigenvalue weighted by molar-refractivity contribution is 0.0600. The number of rotatable bonds is 1. The molecule has 0 unspecified atom stereocenters. The van der Waals surface area contributed by atoms with E-state index in [0.29, 0.717) is 5.56 Å². The van der Waals surface area contributed by atoms with Crippen molar-refractivity contribution in [2.24, 2.45) is 7.05 Å². The van der Waals surface area contributed by atoms with Gasteiger partial charge in [-0.15, -0.1) is 0 Å². The second-order valence-electron chi connectivity index (χ2n) is 3.76. The lowest BCUT2D eigenvalue weighted by Crippen LogP contribution is -2.03. The standard InChI is InChI=1S/C12H12INO2/c1-7-4-11-9(10(13)6-14(11)2)5-8(7)12(15)16-3/h4-6H,1-3H3. The molecule has 4 heteroatoms. The van der Waals surface area contributed by atoms with Crippen LogP contribution in [0.25, 0.3) is 10.9 Å². The van der Waals surface area contributed by atoms with Gasteiger partial charge in [0.1, 0.15) is 0 Å². The van der Waals surface area contributed by atoms with Crippen LogP contribution in [0.5, 0.6) is 0 Å². The van der Waals surface area contributed by atoms with E-state index in [4.69, 9.17) is 4.74 Å². The van der Waals surface area contributed by atoms with E-state index in [1.54, 1.807) is 0 Å². The summed E-state index contributed by atoms with van der Waals surface area (Å²) in [5.74, 6) is -0.279. The minimum atomic E-state index is -0.279. The fourth-order valence-corrected chi connectivity index (χ4v) is 2.66. The average molecular weight is 329 g/mol. The zero-order chi connectivity index (χ0) is 11.9. The maximum Gasteiger partial charge on any atom is 0.338 e. The molecule has 84 valence electrons. The Morgan fingerprint density at radius 2 is 2.12 bits per heavy atom. The summed E-state index contributed by atoms with van der Waals surface area (Å²) in [6.45, 7) is 1.92. The number of nitrogens with zero attached hydrogens (tertiary/aromatic N) is 1. The van der Waals surface area contributed by atoms with Crippen molar-refractivity contribution >= 4 is 39.5 Å². The summed E-state index contributed by atoms with van der Waals surface area (Å²) < 4.78 is 7.96. The molecule has 0 aliphatic rings. The zero-order valence-corrected chi connectivity index (χ0v) is 11.5. The molecule has 0 fully saturated rings. The summed E-state index contributed by atoms with van der Waals surface area (Å²) in [4.78, 5) is 11.6. The van der Waals surface area contributed by atoms with Crippen molar-refractivity contribution in [3.8, 4) is 0 Å². The van der Waals surface area contributed by atoms with Gasteiger partial charge in [0.25, 0.3) is 0 Å². The van der Waals surface area contributed by atoms with E-state index in [0.717, 1.165) is 20.0 Å². The van der Waals surface area contributed by atoms with Gasteiger partial charge in [0.2, 0.25) is 0 Å². The molecule has 2 rings (SSSR count). The van der Waals surface area contributed by atoms with Crippen LogP contribution in [0.4, 0.5) is 0 Å². The van der Waals surface area contributed by atoms with E-state index in [1.165, 1.54) is 7.11 Å². The van der Waals surface area contributed by atoms with Crippen LogP contribution in [0, 0.1) is 10.5 Å². The highest BCUT2D eigenvalue weighted by atomic mass is 127. The monoisotopic (exact) mass is 329 g/mol. The van der Waals surface area contributed by atoms with Crippen LogP contribution >= 0.6 is 22.6 Å². The smallest absolute Gasteiger partial charge is 0.338 e. The summed E-state index contributed by atoms with van der Waals surface area (Å²) in [5, 5.41) is 1.09. The third-order valence-corrected chi connectivity index (χ3v) is 3.55. The average Bonchev–Trinajstić information content (AvgIpc) is 2.52. The second kappa shape index (κ2) is 4.08. The molecule has 0 N–H and O–H groups in total. The van der Waals surface area contributed by atoms with Crippen molar-refractivity contribution in [1.82, 2.24) is 4.57 Å². The SMILES string of the molecule is COC(=O)c1cc2c(I)cn(C)c2cc1C. The predicted octanol–water partition coefficient (Wildman–Crippen LogP) is 2.88. The summed E-state index contributed by atoms with van der Waals surface area (Å²) in [5.41, 5.74) is 2.71. The van der Waals surface area contributed by atoms with Gasteiger partial charge in [0, 0.05) is 27.7 Å². The van der Waals surface area contributed by atoms with E-state index >= 15 is 0 Å². The Hall–Kier alpha value is -1.04. The molecule has 1 aromatic heterocycles. The quantitative estimate of drug-likeness (QED) is 0.595. The van der Waals surface area contributed by atoms with E-state index in [-0.39, 0.29) is 5.97 Å². The van der Waals surface area contributed by atoms with Crippen molar-refractivity contribution in [3.05, 3.63) is 33.0 Å². The molecular weight excluding hydrogens is 317 g/mol. The number of aromatic nitrogens is 1. The molecule has 2 aromatic rings. The highest BCUT2D eigenvalue weighted by molar-refractivity contribution is 14.1. The Balaban J connectivity index is 2.75. The molecular formula is C12H12INO2. The van der Waals surface area contributed by atoms with Crippen LogP contribution in [0.1, 0.15) is 15.9 Å². The summed E-state index contributed by atoms with van der Waals surface area (Å²) in [6.07, 6.45) is 2.05. The largest absolute Gasteiger partial charge is 0.465 e. The van der Waals surface area contributed by atoms with Gasteiger partial charge in [0.05, 0.1) is 12.7 Å². The fraction of sp³-hybridized carbons (Fsp3) is 0.250. The first-order chi connectivity index (χ1) is 7.54. The molecule has 0 saturated carbocycles. The lowest BCUT2D eigenvalue weighted by atomic mass is 10.1. The van der Waals surface area contributed by atoms with Crippen molar-refractivity contribution in [2.45, 2.75) is 6.92 Å². The number of halogens is 1. The Bertz CT molecular complexity index is 572. The van der Waals surface area contributed by atoms with Gasteiger partial charge >= 0.3 is 5.97 Å². The number of fused-ring (bicyclic) bond motifs is 1. The molecule has 1 aromatic carbocycles. The maximum atomic E-state index is 11.6. The minimum absolute atomic E-state index is 0.279. The molecule has 0 saturated heterocycles. The molecule has 0 aliphatic heterocycles. The van der Waals surface area contributed by atoms with E-state index < -0.39 is 0 Å². The summed E-state index contributed by atoms with van der Waals surface area (Å²) in [6, 6.07) is 3.92. The second-order valence-corrected chi connectivity index (χ2v) is 4.93. The van der Waals surface area contributed by atoms with E-state index in [1.807, 2.05) is 32.3 Å². The predicted molar refractivity (Wildman–Crippen MR) is 71.7 cm³/mol. The van der Waals surface area contributed by atoms with Crippen molar-refractivity contribution in [2.75, 3.05) is 7.11 Å². The first-order valence-electron chi connectivity index (χ1n) is 4.88. The number of hydrogen-bond acceptors (Lipinski definition) is 2. The van der Waals surface area contributed by atoms with Gasteiger partial charge in [-0.25, -0.2) is 4.79 Å². The number of hydrogen-bond donors (Lipinski definition) is 0. The van der Waals surface area contributed by atoms with Gasteiger partial charge in [-0.1, -0.05) is 0 Å². The molecule has 0 radical (unpaired) electrons. The summed E-state index contributed by atoms with van der Waals surface area (Å²) in [7, 11) is 3.41. The molecule has 0 aliphatic carbocycles. The Morgan fingerprint density at radius 3 is 2.75 bits per heavy atom. The third-order valence-electron chi connectivity index (χ3n) is 2.69. The molecule has 16 heavy (non-hydrogen) atoms. The normalized spacial score (nSPS) is 10.8. The van der Waals surface area contributed by atoms with Crippen LogP contribution in [0.2, 0.25) is 0 Å². The van der Waals surface area contributed by atoms with Crippen molar-refractivity contribution < 1.29 is 9.53 Å². The molecule has 1 heterocycles. The first-order valence-corrected chi connectivity index (χ1v) is 5.96. The lowest BCUT2D eigenvalue weighted by Gasteiger charge is -2.05. The maximum absolute atomic E-state index is 11.6. The fourth-order valence-electron chi connectivity index (χ4n) is 1.81. The van der Waals surface area contributed by atoms with Gasteiger partial charge in [0.15, 0.2) is 0 Å². The van der Waals surface area contributed by atoms with Gasteiger partial charge < -0.3 is 9.30 Å². The highest BCUT2D eigenvalue weighted by Crippen LogP contribution is 2.26. The molecule has 0 atom stereocenters. The third kappa shape index (κ3) is 1.71. The van der Waals surface area contributed by atoms with Crippen LogP contribution in [0.15, 0.2) is 18.3 Å². The highest BCUT2D eigenvalue weighted by Gasteiger charge is 2.13. The number of methoxy groups -OCH3 is 1. The number of aryl methyl sites for hydroxylation is 2. The van der Waals surface area contributed by atoms with Crippen LogP contribution in [-0.2, 0) is 11.8 Å². The molecule has 0 bridgehead atoms. The Morgan fingerprint density at radius 1 is 1.44 bits per heavy atom. The number of carbonyl (C=O) groups excluding carboxylic acids is 1. The molecule has 3 nitrogen and oxygen atoms in total. The van der Waals surface area contributed by atoms with Gasteiger partial charge in [-0.2, -0.15) is 0 Å². The van der Waals surface area contributed by atoms with Crippen molar-refractivity contribution in [3.63, 3.8) is 0 Å². The molecule has 0 spiro atoms. The van der Waals surface area contributed by atoms with E-state index in [2.05, 4.69) is 27.2 Å². The van der Waals surface area contributed by atoms with Crippen LogP contribution in [0.3, 0.4) is 0 Å². The van der Waals surface area contributed by atoms with Gasteiger partial charge in [-0.05, 0) is 47.2 Å². The Labute approximate surface area is 108 Å². The van der Waals surface area contributed by atoms with E-state index in [9.17, 15) is 4.79 Å². The Kier molecular flexibility index (Phi) is 2.92. The number of ether oxygens (including phenoxy) is 1. The number of benzene rings is 1. The van der Waals surface area contributed by atoms with Crippen LogP contribution in [-0.4, -0.2) is 17.6 Å². The molecule has 0 amide bonds. The van der Waals surface area contributed by atoms with Crippen LogP contribution < -0.4 is 0 Å². The number of carbonyl (C=O) groups is 1. The minimum Gasteiger partial charge on any atom is -0.465 e. The topological polar surface area (TPSA) is 31.2 Å².